The van der Waals surface area contributed by atoms with Crippen LogP contribution in [0.1, 0.15) is 25.0 Å². The molecule has 1 N–H and O–H groups in total. The van der Waals surface area contributed by atoms with Crippen LogP contribution in [0.2, 0.25) is 0 Å². The van der Waals surface area contributed by atoms with Crippen LogP contribution in [0.5, 0.6) is 0 Å². The lowest BCUT2D eigenvalue weighted by Gasteiger charge is -2.18. The van der Waals surface area contributed by atoms with Crippen LogP contribution in [-0.4, -0.2) is 30.8 Å². The fourth-order valence-electron chi connectivity index (χ4n) is 2.66. The van der Waals surface area contributed by atoms with Crippen LogP contribution in [0.3, 0.4) is 0 Å². The lowest BCUT2D eigenvalue weighted by molar-refractivity contribution is -0.114. The molecule has 1 aliphatic heterocycles. The van der Waals surface area contributed by atoms with E-state index in [9.17, 15) is 9.59 Å². The molecule has 8 heteroatoms. The zero-order valence-electron chi connectivity index (χ0n) is 16.5. The van der Waals surface area contributed by atoms with Crippen molar-refractivity contribution in [2.75, 3.05) is 10.3 Å². The van der Waals surface area contributed by atoms with Crippen molar-refractivity contribution in [3.8, 4) is 0 Å². The van der Waals surface area contributed by atoms with Gasteiger partial charge in [-0.1, -0.05) is 35.4 Å². The number of hydrogen-bond donors (Lipinski definition) is 1. The van der Waals surface area contributed by atoms with Crippen LogP contribution in [0.4, 0.5) is 16.2 Å². The number of rotatable bonds is 6. The molecule has 8 nitrogen and oxygen atoms in total. The van der Waals surface area contributed by atoms with Crippen LogP contribution >= 0.6 is 0 Å². The number of aldehydes is 1. The summed E-state index contributed by atoms with van der Waals surface area (Å²) in [7, 11) is 0. The first-order chi connectivity index (χ1) is 14.0. The van der Waals surface area contributed by atoms with Crippen molar-refractivity contribution >= 4 is 29.8 Å². The minimum atomic E-state index is -0.905. The first-order valence-electron chi connectivity index (χ1n) is 9.21. The fourth-order valence-corrected chi connectivity index (χ4v) is 2.66. The number of nitrogens with one attached hydrogen (secondary N) is 1. The maximum Gasteiger partial charge on any atom is 0.411 e. The summed E-state index contributed by atoms with van der Waals surface area (Å²) in [4.78, 5) is 23.4. The van der Waals surface area contributed by atoms with E-state index < -0.39 is 12.3 Å². The third-order valence-corrected chi connectivity index (χ3v) is 4.03. The summed E-state index contributed by atoms with van der Waals surface area (Å²) >= 11 is 0. The van der Waals surface area contributed by atoms with E-state index in [-0.39, 0.29) is 18.8 Å². The first kappa shape index (κ1) is 20.2. The van der Waals surface area contributed by atoms with Gasteiger partial charge in [0.15, 0.2) is 6.29 Å². The average Bonchev–Trinajstić information content (AvgIpc) is 3.11. The van der Waals surface area contributed by atoms with E-state index in [0.29, 0.717) is 17.7 Å². The highest BCUT2D eigenvalue weighted by Crippen LogP contribution is 2.27. The molecule has 0 fully saturated rings. The second kappa shape index (κ2) is 9.09. The number of ether oxygens (including phenoxy) is 3. The number of benzene rings is 2. The normalized spacial score (nSPS) is 15.5. The average molecular weight is 397 g/mol. The number of carbonyl (C=O) groups excluding carboxylic acids is 2. The van der Waals surface area contributed by atoms with E-state index in [1.807, 2.05) is 51.1 Å². The molecule has 0 bridgehead atoms. The summed E-state index contributed by atoms with van der Waals surface area (Å²) in [5.41, 5.74) is 2.90. The number of hydrazone groups is 1. The Bertz CT molecular complexity index is 898. The van der Waals surface area contributed by atoms with Gasteiger partial charge in [-0.15, -0.1) is 0 Å². The van der Waals surface area contributed by atoms with Gasteiger partial charge < -0.3 is 14.2 Å². The smallest absolute Gasteiger partial charge is 0.411 e. The second-order valence-corrected chi connectivity index (χ2v) is 6.71. The molecule has 0 saturated carbocycles. The Morgan fingerprint density at radius 3 is 2.69 bits per heavy atom. The van der Waals surface area contributed by atoms with Gasteiger partial charge in [0.25, 0.3) is 6.23 Å². The first-order valence-corrected chi connectivity index (χ1v) is 9.21. The zero-order valence-corrected chi connectivity index (χ0v) is 16.5. The second-order valence-electron chi connectivity index (χ2n) is 6.71. The van der Waals surface area contributed by atoms with Crippen molar-refractivity contribution in [3.63, 3.8) is 0 Å². The fraction of sp³-hybridized carbons (Fsp3) is 0.286. The minimum absolute atomic E-state index is 0.0430. The number of carbonyl (C=O) groups is 2. The predicted molar refractivity (Wildman–Crippen MR) is 109 cm³/mol. The Labute approximate surface area is 169 Å². The molecule has 2 aromatic carbocycles. The summed E-state index contributed by atoms with van der Waals surface area (Å²) < 4.78 is 16.0. The largest absolute Gasteiger partial charge is 0.447 e. The van der Waals surface area contributed by atoms with Crippen LogP contribution in [0.15, 0.2) is 53.6 Å². The number of amides is 1. The number of nitrogens with zero attached hydrogens (tertiary/aromatic N) is 2. The van der Waals surface area contributed by atoms with Gasteiger partial charge in [-0.3, -0.25) is 10.1 Å². The summed E-state index contributed by atoms with van der Waals surface area (Å²) in [6.45, 7) is 5.69. The maximum atomic E-state index is 12.1. The van der Waals surface area contributed by atoms with Gasteiger partial charge >= 0.3 is 12.2 Å². The van der Waals surface area contributed by atoms with Crippen molar-refractivity contribution in [1.82, 2.24) is 0 Å². The van der Waals surface area contributed by atoms with E-state index in [0.717, 1.165) is 11.1 Å². The minimum Gasteiger partial charge on any atom is -0.447 e. The molecular formula is C21H23N3O5. The van der Waals surface area contributed by atoms with Gasteiger partial charge in [-0.05, 0) is 50.1 Å². The topological polar surface area (TPSA) is 89.5 Å². The van der Waals surface area contributed by atoms with Gasteiger partial charge in [0, 0.05) is 5.69 Å². The molecule has 2 aromatic rings. The third kappa shape index (κ3) is 5.25. The lowest BCUT2D eigenvalue weighted by atomic mass is 10.1. The molecule has 0 spiro atoms. The summed E-state index contributed by atoms with van der Waals surface area (Å²) in [6.07, 6.45) is -0.899. The van der Waals surface area contributed by atoms with Crippen LogP contribution in [0.25, 0.3) is 0 Å². The van der Waals surface area contributed by atoms with Crippen molar-refractivity contribution < 1.29 is 23.8 Å². The molecular weight excluding hydrogens is 374 g/mol. The number of aryl methyl sites for hydroxylation is 1. The highest BCUT2D eigenvalue weighted by Gasteiger charge is 2.30. The maximum absolute atomic E-state index is 12.1. The van der Waals surface area contributed by atoms with Crippen LogP contribution in [-0.2, 0) is 25.6 Å². The van der Waals surface area contributed by atoms with E-state index in [4.69, 9.17) is 14.2 Å². The molecule has 1 aliphatic rings. The summed E-state index contributed by atoms with van der Waals surface area (Å²) in [5, 5.41) is 8.35. The van der Waals surface area contributed by atoms with Gasteiger partial charge in [0.1, 0.15) is 6.61 Å². The summed E-state index contributed by atoms with van der Waals surface area (Å²) in [6, 6.07) is 14.7. The Kier molecular flexibility index (Phi) is 6.33. The lowest BCUT2D eigenvalue weighted by Crippen LogP contribution is -2.29. The van der Waals surface area contributed by atoms with Gasteiger partial charge in [-0.25, -0.2) is 9.80 Å². The van der Waals surface area contributed by atoms with E-state index in [1.54, 1.807) is 18.2 Å². The quantitative estimate of drug-likeness (QED) is 0.746. The molecule has 0 saturated heterocycles. The van der Waals surface area contributed by atoms with Crippen molar-refractivity contribution in [1.29, 1.82) is 0 Å². The highest BCUT2D eigenvalue weighted by molar-refractivity contribution is 5.86. The molecule has 1 amide bonds. The molecule has 0 aromatic heterocycles. The zero-order chi connectivity index (χ0) is 20.8. The predicted octanol–water partition coefficient (Wildman–Crippen LogP) is 3.80. The third-order valence-electron chi connectivity index (χ3n) is 4.03. The highest BCUT2D eigenvalue weighted by atomic mass is 16.7. The van der Waals surface area contributed by atoms with E-state index in [1.165, 1.54) is 5.01 Å². The molecule has 1 unspecified atom stereocenters. The number of hydrogen-bond acceptors (Lipinski definition) is 7. The van der Waals surface area contributed by atoms with Gasteiger partial charge in [-0.2, -0.15) is 0 Å². The Morgan fingerprint density at radius 1 is 1.28 bits per heavy atom. The van der Waals surface area contributed by atoms with Gasteiger partial charge in [0.2, 0.25) is 0 Å². The molecule has 152 valence electrons. The van der Waals surface area contributed by atoms with E-state index >= 15 is 0 Å². The SMILES string of the molecule is Cc1cc(N2N=C(OC(C)C)OC2C=O)ccc1NC(=O)OCc1ccccc1. The Hall–Kier alpha value is -3.55. The monoisotopic (exact) mass is 397 g/mol. The number of anilines is 2. The molecule has 3 rings (SSSR count). The Morgan fingerprint density at radius 2 is 2.03 bits per heavy atom. The molecule has 0 radical (unpaired) electrons. The van der Waals surface area contributed by atoms with Crippen molar-refractivity contribution in [3.05, 3.63) is 59.7 Å². The standard InChI is InChI=1S/C21H23N3O5/c1-14(2)28-21-23-24(19(12-25)29-21)17-9-10-18(15(3)11-17)22-20(26)27-13-16-7-5-4-6-8-16/h4-12,14,19H,13H2,1-3H3,(H,22,26). The van der Waals surface area contributed by atoms with Gasteiger partial charge in [0.05, 0.1) is 11.8 Å². The van der Waals surface area contributed by atoms with Crippen molar-refractivity contribution in [2.45, 2.75) is 39.7 Å². The van der Waals surface area contributed by atoms with Crippen molar-refractivity contribution in [2.24, 2.45) is 5.10 Å². The molecule has 1 atom stereocenters. The van der Waals surface area contributed by atoms with Crippen LogP contribution in [0, 0.1) is 6.92 Å². The molecule has 1 heterocycles. The Balaban J connectivity index is 1.65. The van der Waals surface area contributed by atoms with E-state index in [2.05, 4.69) is 10.4 Å². The molecule has 29 heavy (non-hydrogen) atoms. The molecule has 0 aliphatic carbocycles. The van der Waals surface area contributed by atoms with Crippen LogP contribution < -0.4 is 10.3 Å². The summed E-state index contributed by atoms with van der Waals surface area (Å²) in [5.74, 6) is 0.